The molecule has 0 saturated heterocycles. The molecule has 1 aliphatic heterocycles. The van der Waals surface area contributed by atoms with Crippen LogP contribution < -0.4 is 0 Å². The molecule has 0 fully saturated rings. The third-order valence-corrected chi connectivity index (χ3v) is 3.12. The van der Waals surface area contributed by atoms with Crippen LogP contribution in [0.4, 0.5) is 5.69 Å². The predicted octanol–water partition coefficient (Wildman–Crippen LogP) is 2.84. The Morgan fingerprint density at radius 1 is 1.16 bits per heavy atom. The number of non-ortho nitro benzene ring substituents is 1. The van der Waals surface area contributed by atoms with Crippen molar-refractivity contribution in [1.29, 1.82) is 0 Å². The van der Waals surface area contributed by atoms with Gasteiger partial charge in [-0.15, -0.1) is 0 Å². The predicted molar refractivity (Wildman–Crippen MR) is 68.8 cm³/mol. The van der Waals surface area contributed by atoms with Gasteiger partial charge in [-0.25, -0.2) is 0 Å². The minimum Gasteiger partial charge on any atom is -0.269 e. The number of halogens is 1. The van der Waals surface area contributed by atoms with Gasteiger partial charge >= 0.3 is 5.70 Å². The van der Waals surface area contributed by atoms with Crippen molar-refractivity contribution in [2.75, 3.05) is 0 Å². The number of rotatable bonds is 3. The van der Waals surface area contributed by atoms with E-state index in [0.717, 1.165) is 0 Å². The van der Waals surface area contributed by atoms with Crippen LogP contribution >= 0.6 is 11.6 Å². The van der Waals surface area contributed by atoms with Gasteiger partial charge in [-0.1, -0.05) is 11.6 Å². The Morgan fingerprint density at radius 2 is 1.74 bits per heavy atom. The van der Waals surface area contributed by atoms with Crippen molar-refractivity contribution in [1.82, 2.24) is 0 Å². The number of hydrogen-bond acceptors (Lipinski definition) is 5. The standard InChI is InChI=1S/C11H8ClN3O4/c1-6-11(15(18)19)9(12)10(13-6)7-2-4-8(5-3-7)14(16)17/h2-5,10H,1H3. The molecule has 1 unspecified atom stereocenters. The van der Waals surface area contributed by atoms with Crippen molar-refractivity contribution >= 4 is 23.0 Å². The molecule has 0 radical (unpaired) electrons. The monoisotopic (exact) mass is 281 g/mol. The smallest absolute Gasteiger partial charge is 0.269 e. The molecular weight excluding hydrogens is 274 g/mol. The van der Waals surface area contributed by atoms with Crippen LogP contribution in [0.15, 0.2) is 40.0 Å². The normalized spacial score (nSPS) is 18.4. The summed E-state index contributed by atoms with van der Waals surface area (Å²) in [5.74, 6) is 0. The summed E-state index contributed by atoms with van der Waals surface area (Å²) in [5, 5.41) is 21.4. The second kappa shape index (κ2) is 4.77. The van der Waals surface area contributed by atoms with Crippen molar-refractivity contribution < 1.29 is 9.85 Å². The SMILES string of the molecule is CC1=NC(c2ccc([N+](=O)[O-])cc2)C(Cl)=C1[N+](=O)[O-]. The first kappa shape index (κ1) is 13.2. The quantitative estimate of drug-likeness (QED) is 0.628. The summed E-state index contributed by atoms with van der Waals surface area (Å²) in [5.41, 5.74) is 0.562. The zero-order valence-electron chi connectivity index (χ0n) is 9.74. The van der Waals surface area contributed by atoms with Gasteiger partial charge in [0.2, 0.25) is 0 Å². The summed E-state index contributed by atoms with van der Waals surface area (Å²) in [7, 11) is 0. The second-order valence-corrected chi connectivity index (χ2v) is 4.33. The molecule has 7 nitrogen and oxygen atoms in total. The zero-order valence-corrected chi connectivity index (χ0v) is 10.5. The maximum atomic E-state index is 10.8. The fraction of sp³-hybridized carbons (Fsp3) is 0.182. The molecule has 1 aromatic rings. The van der Waals surface area contributed by atoms with Crippen LogP contribution in [-0.4, -0.2) is 15.6 Å². The molecule has 1 heterocycles. The molecule has 1 atom stereocenters. The van der Waals surface area contributed by atoms with Crippen LogP contribution in [0.5, 0.6) is 0 Å². The van der Waals surface area contributed by atoms with Crippen molar-refractivity contribution in [2.24, 2.45) is 4.99 Å². The summed E-state index contributed by atoms with van der Waals surface area (Å²) in [6.07, 6.45) is 0. The average Bonchev–Trinajstić information content (AvgIpc) is 2.65. The number of nitro groups is 2. The Kier molecular flexibility index (Phi) is 3.30. The number of nitro benzene ring substituents is 1. The molecule has 0 N–H and O–H groups in total. The molecule has 0 aromatic heterocycles. The van der Waals surface area contributed by atoms with Gasteiger partial charge in [0.05, 0.1) is 9.85 Å². The lowest BCUT2D eigenvalue weighted by Gasteiger charge is -2.06. The van der Waals surface area contributed by atoms with Crippen LogP contribution in [0.3, 0.4) is 0 Å². The van der Waals surface area contributed by atoms with E-state index in [1.165, 1.54) is 31.2 Å². The number of aliphatic imine (C=N–C) groups is 1. The molecule has 0 aliphatic carbocycles. The van der Waals surface area contributed by atoms with E-state index in [-0.39, 0.29) is 22.1 Å². The molecule has 8 heteroatoms. The van der Waals surface area contributed by atoms with Gasteiger partial charge in [-0.05, 0) is 24.6 Å². The van der Waals surface area contributed by atoms with Gasteiger partial charge in [0, 0.05) is 12.1 Å². The van der Waals surface area contributed by atoms with Crippen molar-refractivity contribution in [3.8, 4) is 0 Å². The Bertz CT molecular complexity index is 621. The van der Waals surface area contributed by atoms with E-state index in [2.05, 4.69) is 4.99 Å². The van der Waals surface area contributed by atoms with Crippen LogP contribution in [-0.2, 0) is 0 Å². The first-order valence-corrected chi connectivity index (χ1v) is 5.62. The van der Waals surface area contributed by atoms with E-state index in [4.69, 9.17) is 11.6 Å². The molecule has 1 aromatic carbocycles. The minimum absolute atomic E-state index is 0.0244. The molecular formula is C11H8ClN3O4. The average molecular weight is 282 g/mol. The highest BCUT2D eigenvalue weighted by atomic mass is 35.5. The Hall–Kier alpha value is -2.28. The fourth-order valence-electron chi connectivity index (χ4n) is 1.83. The third-order valence-electron chi connectivity index (χ3n) is 2.73. The molecule has 0 saturated carbocycles. The first-order valence-electron chi connectivity index (χ1n) is 5.25. The Balaban J connectivity index is 2.39. The van der Waals surface area contributed by atoms with Gasteiger partial charge in [-0.2, -0.15) is 0 Å². The van der Waals surface area contributed by atoms with Crippen LogP contribution in [0.25, 0.3) is 0 Å². The van der Waals surface area contributed by atoms with E-state index in [9.17, 15) is 20.2 Å². The van der Waals surface area contributed by atoms with Crippen LogP contribution in [0.1, 0.15) is 18.5 Å². The van der Waals surface area contributed by atoms with Gasteiger partial charge in [-0.3, -0.25) is 25.2 Å². The lowest BCUT2D eigenvalue weighted by atomic mass is 10.1. The number of benzene rings is 1. The van der Waals surface area contributed by atoms with Gasteiger partial charge in [0.1, 0.15) is 16.8 Å². The first-order chi connectivity index (χ1) is 8.91. The summed E-state index contributed by atoms with van der Waals surface area (Å²) < 4.78 is 0. The summed E-state index contributed by atoms with van der Waals surface area (Å²) in [6.45, 7) is 1.51. The van der Waals surface area contributed by atoms with Crippen LogP contribution in [0, 0.1) is 20.2 Å². The van der Waals surface area contributed by atoms with E-state index in [1.54, 1.807) is 0 Å². The second-order valence-electron chi connectivity index (χ2n) is 3.92. The van der Waals surface area contributed by atoms with E-state index < -0.39 is 15.9 Å². The maximum absolute atomic E-state index is 10.8. The molecule has 0 bridgehead atoms. The van der Waals surface area contributed by atoms with Crippen molar-refractivity contribution in [2.45, 2.75) is 13.0 Å². The van der Waals surface area contributed by atoms with E-state index in [1.807, 2.05) is 0 Å². The number of allylic oxidation sites excluding steroid dienone is 1. The fourth-order valence-corrected chi connectivity index (χ4v) is 2.21. The van der Waals surface area contributed by atoms with Gasteiger partial charge < -0.3 is 0 Å². The Morgan fingerprint density at radius 3 is 2.16 bits per heavy atom. The lowest BCUT2D eigenvalue weighted by molar-refractivity contribution is -0.415. The molecule has 0 spiro atoms. The van der Waals surface area contributed by atoms with E-state index >= 15 is 0 Å². The number of nitrogens with zero attached hydrogens (tertiary/aromatic N) is 3. The molecule has 0 amide bonds. The Labute approximate surface area is 112 Å². The highest BCUT2D eigenvalue weighted by molar-refractivity contribution is 6.33. The van der Waals surface area contributed by atoms with Gasteiger partial charge in [0.25, 0.3) is 5.69 Å². The highest BCUT2D eigenvalue weighted by Crippen LogP contribution is 2.37. The lowest BCUT2D eigenvalue weighted by Crippen LogP contribution is -2.05. The largest absolute Gasteiger partial charge is 0.306 e. The highest BCUT2D eigenvalue weighted by Gasteiger charge is 2.34. The molecule has 1 aliphatic rings. The maximum Gasteiger partial charge on any atom is 0.306 e. The molecule has 98 valence electrons. The van der Waals surface area contributed by atoms with Crippen LogP contribution in [0.2, 0.25) is 0 Å². The van der Waals surface area contributed by atoms with Crippen molar-refractivity contribution in [3.05, 3.63) is 60.8 Å². The summed E-state index contributed by atoms with van der Waals surface area (Å²) in [4.78, 5) is 24.4. The van der Waals surface area contributed by atoms with Crippen molar-refractivity contribution in [3.63, 3.8) is 0 Å². The summed E-state index contributed by atoms with van der Waals surface area (Å²) in [6, 6.07) is 4.95. The molecule has 19 heavy (non-hydrogen) atoms. The topological polar surface area (TPSA) is 98.6 Å². The zero-order chi connectivity index (χ0) is 14.2. The number of hydrogen-bond donors (Lipinski definition) is 0. The minimum atomic E-state index is -0.664. The third kappa shape index (κ3) is 2.32. The molecule has 2 rings (SSSR count). The van der Waals surface area contributed by atoms with E-state index in [0.29, 0.717) is 5.56 Å². The van der Waals surface area contributed by atoms with Gasteiger partial charge in [0.15, 0.2) is 0 Å². The summed E-state index contributed by atoms with van der Waals surface area (Å²) >= 11 is 5.96.